The number of aryl methyl sites for hydroxylation is 1. The van der Waals surface area contributed by atoms with E-state index >= 15 is 0 Å². The van der Waals surface area contributed by atoms with E-state index in [2.05, 4.69) is 71.9 Å². The average Bonchev–Trinajstić information content (AvgIpc) is 3.27. The van der Waals surface area contributed by atoms with Gasteiger partial charge in [-0.2, -0.15) is 65.4 Å². The minimum Gasteiger partial charge on any atom is -0.396 e. The number of azo groups is 1. The Labute approximate surface area is 411 Å². The first-order valence-corrected chi connectivity index (χ1v) is 24.8. The number of ketones is 1. The lowest BCUT2D eigenvalue weighted by Crippen LogP contribution is -2.21. The molecule has 2 aromatic heterocycles. The van der Waals surface area contributed by atoms with E-state index in [1.807, 2.05) is 31.2 Å². The highest BCUT2D eigenvalue weighted by molar-refractivity contribution is 7.86. The number of benzene rings is 5. The molecule has 0 spiro atoms. The number of nitrogens with one attached hydrogen (secondary N) is 5. The van der Waals surface area contributed by atoms with Gasteiger partial charge in [0.15, 0.2) is 0 Å². The van der Waals surface area contributed by atoms with Crippen LogP contribution in [0.25, 0.3) is 6.08 Å². The van der Waals surface area contributed by atoms with Crippen molar-refractivity contribution in [2.45, 2.75) is 21.6 Å². The zero-order valence-electron chi connectivity index (χ0n) is 35.7. The van der Waals surface area contributed by atoms with Gasteiger partial charge >= 0.3 is 0 Å². The maximum absolute atomic E-state index is 14.0. The van der Waals surface area contributed by atoms with Gasteiger partial charge < -0.3 is 27.0 Å². The van der Waals surface area contributed by atoms with Crippen LogP contribution in [-0.2, 0) is 30.4 Å². The summed E-state index contributed by atoms with van der Waals surface area (Å²) in [7, 11) is -14.5. The van der Waals surface area contributed by atoms with E-state index in [0.29, 0.717) is 11.4 Å². The maximum atomic E-state index is 14.0. The van der Waals surface area contributed by atoms with Crippen LogP contribution in [-0.4, -0.2) is 80.3 Å². The normalized spacial score (nSPS) is 13.3. The van der Waals surface area contributed by atoms with Crippen LogP contribution in [0.1, 0.15) is 21.5 Å². The Balaban J connectivity index is 1.04. The number of hydrogen-bond acceptors (Lipinski definition) is 22. The Kier molecular flexibility index (Phi) is 13.7. The molecule has 0 unspecified atom stereocenters. The summed E-state index contributed by atoms with van der Waals surface area (Å²) in [5, 5.41) is 23.3. The van der Waals surface area contributed by atoms with E-state index in [-0.39, 0.29) is 73.9 Å². The second-order valence-electron chi connectivity index (χ2n) is 14.7. The van der Waals surface area contributed by atoms with Gasteiger partial charge in [0.1, 0.15) is 21.2 Å². The zero-order valence-corrected chi connectivity index (χ0v) is 39.6. The molecule has 0 amide bonds. The van der Waals surface area contributed by atoms with Crippen molar-refractivity contribution in [1.29, 1.82) is 0 Å². The quantitative estimate of drug-likeness (QED) is 0.0203. The van der Waals surface area contributed by atoms with Gasteiger partial charge in [0.2, 0.25) is 40.1 Å². The molecule has 2 heterocycles. The molecule has 0 atom stereocenters. The largest absolute Gasteiger partial charge is 0.396 e. The van der Waals surface area contributed by atoms with Crippen molar-refractivity contribution in [2.75, 3.05) is 32.4 Å². The molecule has 0 aliphatic heterocycles. The van der Waals surface area contributed by atoms with Gasteiger partial charge in [-0.3, -0.25) is 23.9 Å². The van der Waals surface area contributed by atoms with Crippen LogP contribution >= 0.6 is 23.2 Å². The predicted molar refractivity (Wildman–Crippen MR) is 262 cm³/mol. The summed E-state index contributed by atoms with van der Waals surface area (Å²) in [5.74, 6) is -1.09. The Hall–Kier alpha value is -8.09. The SMILES string of the molecule is Cc1cccc(Nc2nc(Cl)nc(Nc3cccc(/N=N/c4c(S(=O)(=O)O)cc5c(c4N)C(=O)/C(=N\Nc4cc(Nc6nc(Cl)nc(Nc7cccc(S(=O)(=O)O)c7)n6)ccc4S(=O)(=O)O)C=C5)c3)n2)c1. The average molecular weight is 1060 g/mol. The van der Waals surface area contributed by atoms with Gasteiger partial charge in [-0.1, -0.05) is 30.3 Å². The van der Waals surface area contributed by atoms with Gasteiger partial charge in [-0.25, -0.2) is 0 Å². The fraction of sp³-hybridized carbons (Fsp3) is 0.0244. The number of hydrazone groups is 1. The fourth-order valence-electron chi connectivity index (χ4n) is 6.52. The van der Waals surface area contributed by atoms with Crippen LogP contribution in [0.4, 0.5) is 69.3 Å². The molecule has 8 rings (SSSR count). The van der Waals surface area contributed by atoms with Crippen LogP contribution in [0.3, 0.4) is 0 Å². The molecule has 0 radical (unpaired) electrons. The van der Waals surface area contributed by atoms with E-state index in [9.17, 15) is 43.7 Å². The number of fused-ring (bicyclic) bond motifs is 1. The Morgan fingerprint density at radius 2 is 1.11 bits per heavy atom. The number of anilines is 10. The highest BCUT2D eigenvalue weighted by Crippen LogP contribution is 2.40. The van der Waals surface area contributed by atoms with Crippen LogP contribution in [0.5, 0.6) is 0 Å². The minimum absolute atomic E-state index is 0.0550. The maximum Gasteiger partial charge on any atom is 0.296 e. The standard InChI is InChI=1S/C41H31Cl2N15O10S3/c1-20-5-2-6-22(15-20)45-38-49-36(42)50-39(53-38)46-23-7-3-9-26(17-23)55-58-34-31(71(66,67)68)16-21-11-13-28(35(59)32(21)33(34)44)56-57-29-19-25(12-14-30(29)70(63,64)65)48-41-52-37(43)51-40(54-41)47-24-8-4-10-27(18-24)69(60,61)62/h2-19,57H,44H2,1H3,(H,60,61,62)(H,63,64,65)(H,66,67,68)(H2,45,46,49,50,53)(H2,47,48,51,52,54)/b56-28-,58-55+. The number of nitrogens with two attached hydrogens (primary N) is 1. The Bertz CT molecular complexity index is 3770. The van der Waals surface area contributed by atoms with E-state index in [1.54, 1.807) is 12.1 Å². The number of hydrogen-bond donors (Lipinski definition) is 9. The molecule has 1 aliphatic carbocycles. The molecule has 71 heavy (non-hydrogen) atoms. The van der Waals surface area contributed by atoms with Crippen molar-refractivity contribution in [3.8, 4) is 0 Å². The van der Waals surface area contributed by atoms with Gasteiger partial charge in [-0.15, -0.1) is 5.11 Å². The molecule has 10 N–H and O–H groups in total. The van der Waals surface area contributed by atoms with E-state index < -0.39 is 62.2 Å². The van der Waals surface area contributed by atoms with Crippen molar-refractivity contribution < 1.29 is 43.7 Å². The fourth-order valence-corrected chi connectivity index (χ4v) is 8.67. The first kappa shape index (κ1) is 49.3. The summed E-state index contributed by atoms with van der Waals surface area (Å²) in [5.41, 5.74) is 9.03. The molecule has 1 aliphatic rings. The number of carbonyl (C=O) groups excluding carboxylic acids is 1. The monoisotopic (exact) mass is 1060 g/mol. The summed E-state index contributed by atoms with van der Waals surface area (Å²) in [6.07, 6.45) is 2.40. The van der Waals surface area contributed by atoms with Crippen LogP contribution in [0, 0.1) is 6.92 Å². The molecule has 5 aromatic carbocycles. The number of nitrogens with zero attached hydrogens (tertiary/aromatic N) is 9. The highest BCUT2D eigenvalue weighted by atomic mass is 35.5. The van der Waals surface area contributed by atoms with Crippen molar-refractivity contribution in [3.63, 3.8) is 0 Å². The highest BCUT2D eigenvalue weighted by Gasteiger charge is 2.30. The van der Waals surface area contributed by atoms with Crippen LogP contribution < -0.4 is 32.4 Å². The second kappa shape index (κ2) is 19.7. The summed E-state index contributed by atoms with van der Waals surface area (Å²) in [6.45, 7) is 1.92. The minimum atomic E-state index is -5.04. The van der Waals surface area contributed by atoms with Crippen LogP contribution in [0.15, 0.2) is 133 Å². The number of nitrogen functional groups attached to an aromatic ring is 1. The number of carbonyl (C=O) groups is 1. The summed E-state index contributed by atoms with van der Waals surface area (Å²) in [6, 6.07) is 23.0. The second-order valence-corrected chi connectivity index (χ2v) is 19.5. The molecule has 25 nitrogen and oxygen atoms in total. The van der Waals surface area contributed by atoms with Gasteiger partial charge in [-0.05, 0) is 120 Å². The summed E-state index contributed by atoms with van der Waals surface area (Å²) < 4.78 is 103. The number of rotatable bonds is 15. The number of aromatic nitrogens is 6. The molecule has 0 saturated carbocycles. The lowest BCUT2D eigenvalue weighted by Gasteiger charge is -2.17. The van der Waals surface area contributed by atoms with Crippen molar-refractivity contribution >= 4 is 140 Å². The van der Waals surface area contributed by atoms with Crippen molar-refractivity contribution in [1.82, 2.24) is 29.9 Å². The molecular weight excluding hydrogens is 1030 g/mol. The first-order chi connectivity index (χ1) is 33.5. The van der Waals surface area contributed by atoms with Gasteiger partial charge in [0.05, 0.1) is 27.5 Å². The summed E-state index contributed by atoms with van der Waals surface area (Å²) >= 11 is 12.3. The third-order valence-electron chi connectivity index (χ3n) is 9.55. The Morgan fingerprint density at radius 1 is 0.577 bits per heavy atom. The van der Waals surface area contributed by atoms with Crippen molar-refractivity contribution in [3.05, 3.63) is 130 Å². The van der Waals surface area contributed by atoms with E-state index in [0.717, 1.165) is 42.0 Å². The Morgan fingerprint density at radius 3 is 1.68 bits per heavy atom. The van der Waals surface area contributed by atoms with Gasteiger partial charge in [0.25, 0.3) is 30.4 Å². The molecule has 0 fully saturated rings. The third kappa shape index (κ3) is 12.0. The predicted octanol–water partition coefficient (Wildman–Crippen LogP) is 8.06. The number of allylic oxidation sites excluding steroid dienone is 1. The smallest absolute Gasteiger partial charge is 0.296 e. The van der Waals surface area contributed by atoms with Crippen LogP contribution in [0.2, 0.25) is 10.6 Å². The molecule has 0 bridgehead atoms. The molecule has 30 heteroatoms. The van der Waals surface area contributed by atoms with Gasteiger partial charge in [0, 0.05) is 22.7 Å². The topological polar surface area (TPSA) is 381 Å². The molecular formula is C41H31Cl2N15O10S3. The van der Waals surface area contributed by atoms with Crippen molar-refractivity contribution in [2.24, 2.45) is 15.3 Å². The summed E-state index contributed by atoms with van der Waals surface area (Å²) in [4.78, 5) is 36.8. The lowest BCUT2D eigenvalue weighted by molar-refractivity contribution is 0.106. The van der Waals surface area contributed by atoms with E-state index in [1.165, 1.54) is 36.4 Å². The van der Waals surface area contributed by atoms with E-state index in [4.69, 9.17) is 28.9 Å². The first-order valence-electron chi connectivity index (χ1n) is 19.7. The number of halogens is 2. The number of Topliss-reactive ketones (excluding diaryl/α,β-unsaturated/α-hetero) is 1. The molecule has 362 valence electrons. The lowest BCUT2D eigenvalue weighted by atomic mass is 9.92. The third-order valence-corrected chi connectivity index (χ3v) is 12.5. The molecule has 7 aromatic rings. The zero-order chi connectivity index (χ0) is 50.8. The molecule has 0 saturated heterocycles.